The second-order valence-electron chi connectivity index (χ2n) is 4.25. The molecule has 0 unspecified atom stereocenters. The summed E-state index contributed by atoms with van der Waals surface area (Å²) in [4.78, 5) is 8.41. The van der Waals surface area contributed by atoms with Crippen molar-refractivity contribution in [1.82, 2.24) is 9.97 Å². The van der Waals surface area contributed by atoms with Crippen LogP contribution in [0.15, 0.2) is 36.5 Å². The summed E-state index contributed by atoms with van der Waals surface area (Å²) in [6, 6.07) is 10.1. The second-order valence-corrected chi connectivity index (χ2v) is 4.25. The van der Waals surface area contributed by atoms with E-state index in [-0.39, 0.29) is 0 Å². The Hall–Kier alpha value is -1.94. The van der Waals surface area contributed by atoms with Crippen LogP contribution in [0.25, 0.3) is 0 Å². The maximum atomic E-state index is 5.48. The zero-order valence-corrected chi connectivity index (χ0v) is 11.4. The molecule has 1 N–H and O–H groups in total. The summed E-state index contributed by atoms with van der Waals surface area (Å²) in [7, 11) is 0. The summed E-state index contributed by atoms with van der Waals surface area (Å²) >= 11 is 0. The van der Waals surface area contributed by atoms with Crippen LogP contribution in [0.2, 0.25) is 0 Å². The highest BCUT2D eigenvalue weighted by molar-refractivity contribution is 5.36. The van der Waals surface area contributed by atoms with Gasteiger partial charge in [-0.1, -0.05) is 24.3 Å². The van der Waals surface area contributed by atoms with Crippen LogP contribution < -0.4 is 5.32 Å². The van der Waals surface area contributed by atoms with Crippen molar-refractivity contribution < 1.29 is 4.74 Å². The van der Waals surface area contributed by atoms with Crippen LogP contribution in [0.1, 0.15) is 23.9 Å². The van der Waals surface area contributed by atoms with Gasteiger partial charge in [-0.05, 0) is 31.0 Å². The molecule has 0 radical (unpaired) electrons. The van der Waals surface area contributed by atoms with E-state index < -0.39 is 0 Å². The zero-order valence-electron chi connectivity index (χ0n) is 11.4. The molecule has 0 aliphatic rings. The topological polar surface area (TPSA) is 47.0 Å². The van der Waals surface area contributed by atoms with Gasteiger partial charge in [0.15, 0.2) is 0 Å². The Kier molecular flexibility index (Phi) is 4.86. The number of aromatic nitrogens is 2. The van der Waals surface area contributed by atoms with Gasteiger partial charge in [-0.15, -0.1) is 0 Å². The Labute approximate surface area is 113 Å². The molecule has 2 aromatic rings. The number of rotatable bonds is 6. The standard InChI is InChI=1S/C15H19N3O/c1-3-19-11-14-7-5-4-6-13(14)10-17-15-8-9-16-12(2)18-15/h4-9H,3,10-11H2,1-2H3,(H,16,17,18). The maximum Gasteiger partial charge on any atom is 0.129 e. The van der Waals surface area contributed by atoms with E-state index >= 15 is 0 Å². The lowest BCUT2D eigenvalue weighted by Crippen LogP contribution is -2.06. The van der Waals surface area contributed by atoms with E-state index in [1.165, 1.54) is 11.1 Å². The monoisotopic (exact) mass is 257 g/mol. The number of hydrogen-bond donors (Lipinski definition) is 1. The van der Waals surface area contributed by atoms with Crippen molar-refractivity contribution in [2.75, 3.05) is 11.9 Å². The lowest BCUT2D eigenvalue weighted by atomic mass is 10.1. The van der Waals surface area contributed by atoms with Gasteiger partial charge in [0.25, 0.3) is 0 Å². The summed E-state index contributed by atoms with van der Waals surface area (Å²) in [5.74, 6) is 1.62. The van der Waals surface area contributed by atoms with Crippen LogP contribution in [0.4, 0.5) is 5.82 Å². The fraction of sp³-hybridized carbons (Fsp3) is 0.333. The Balaban J connectivity index is 2.02. The lowest BCUT2D eigenvalue weighted by molar-refractivity contribution is 0.133. The Morgan fingerprint density at radius 3 is 2.68 bits per heavy atom. The molecule has 100 valence electrons. The van der Waals surface area contributed by atoms with Gasteiger partial charge in [0.1, 0.15) is 11.6 Å². The normalized spacial score (nSPS) is 10.4. The summed E-state index contributed by atoms with van der Waals surface area (Å²) in [6.45, 7) is 6.00. The molecule has 0 aliphatic carbocycles. The highest BCUT2D eigenvalue weighted by Gasteiger charge is 2.02. The van der Waals surface area contributed by atoms with Crippen LogP contribution >= 0.6 is 0 Å². The molecule has 0 saturated carbocycles. The first kappa shape index (κ1) is 13.5. The minimum Gasteiger partial charge on any atom is -0.377 e. The molecular weight excluding hydrogens is 238 g/mol. The van der Waals surface area contributed by atoms with E-state index in [9.17, 15) is 0 Å². The Morgan fingerprint density at radius 1 is 1.16 bits per heavy atom. The second kappa shape index (κ2) is 6.85. The van der Waals surface area contributed by atoms with Crippen molar-refractivity contribution >= 4 is 5.82 Å². The van der Waals surface area contributed by atoms with Gasteiger partial charge in [0.2, 0.25) is 0 Å². The van der Waals surface area contributed by atoms with Crippen molar-refractivity contribution in [1.29, 1.82) is 0 Å². The van der Waals surface area contributed by atoms with Crippen molar-refractivity contribution in [2.24, 2.45) is 0 Å². The lowest BCUT2D eigenvalue weighted by Gasteiger charge is -2.11. The number of aryl methyl sites for hydroxylation is 1. The smallest absolute Gasteiger partial charge is 0.129 e. The third-order valence-corrected chi connectivity index (χ3v) is 2.82. The average Bonchev–Trinajstić information content (AvgIpc) is 2.44. The Morgan fingerprint density at radius 2 is 1.95 bits per heavy atom. The van der Waals surface area contributed by atoms with Crippen molar-refractivity contribution in [3.05, 3.63) is 53.5 Å². The van der Waals surface area contributed by atoms with E-state index in [1.807, 2.05) is 32.0 Å². The van der Waals surface area contributed by atoms with Gasteiger partial charge in [-0.25, -0.2) is 9.97 Å². The van der Waals surface area contributed by atoms with E-state index in [0.717, 1.165) is 24.8 Å². The van der Waals surface area contributed by atoms with Crippen LogP contribution in [0, 0.1) is 6.92 Å². The van der Waals surface area contributed by atoms with Gasteiger partial charge < -0.3 is 10.1 Å². The molecule has 2 rings (SSSR count). The molecule has 1 heterocycles. The summed E-state index contributed by atoms with van der Waals surface area (Å²) in [5, 5.41) is 3.31. The van der Waals surface area contributed by atoms with E-state index in [0.29, 0.717) is 6.61 Å². The number of hydrogen-bond acceptors (Lipinski definition) is 4. The Bertz CT molecular complexity index is 528. The van der Waals surface area contributed by atoms with Crippen molar-refractivity contribution in [3.8, 4) is 0 Å². The molecule has 0 amide bonds. The summed E-state index contributed by atoms with van der Waals surface area (Å²) in [6.07, 6.45) is 1.76. The third kappa shape index (κ3) is 4.03. The van der Waals surface area contributed by atoms with Gasteiger partial charge in [-0.3, -0.25) is 0 Å². The molecule has 4 heteroatoms. The van der Waals surface area contributed by atoms with Crippen LogP contribution in [0.5, 0.6) is 0 Å². The van der Waals surface area contributed by atoms with Gasteiger partial charge >= 0.3 is 0 Å². The predicted octanol–water partition coefficient (Wildman–Crippen LogP) is 2.93. The first-order valence-corrected chi connectivity index (χ1v) is 6.47. The molecule has 1 aromatic heterocycles. The van der Waals surface area contributed by atoms with Crippen molar-refractivity contribution in [2.45, 2.75) is 27.0 Å². The number of nitrogens with one attached hydrogen (secondary N) is 1. The fourth-order valence-corrected chi connectivity index (χ4v) is 1.82. The molecule has 1 aromatic carbocycles. The van der Waals surface area contributed by atoms with E-state index in [1.54, 1.807) is 6.20 Å². The van der Waals surface area contributed by atoms with Crippen molar-refractivity contribution in [3.63, 3.8) is 0 Å². The molecule has 19 heavy (non-hydrogen) atoms. The van der Waals surface area contributed by atoms with Gasteiger partial charge in [0, 0.05) is 19.3 Å². The molecule has 0 aliphatic heterocycles. The largest absolute Gasteiger partial charge is 0.377 e. The predicted molar refractivity (Wildman–Crippen MR) is 75.9 cm³/mol. The molecule has 4 nitrogen and oxygen atoms in total. The van der Waals surface area contributed by atoms with E-state index in [2.05, 4.69) is 27.4 Å². The minimum atomic E-state index is 0.650. The molecular formula is C15H19N3O. The maximum absolute atomic E-state index is 5.48. The van der Waals surface area contributed by atoms with Crippen LogP contribution in [-0.4, -0.2) is 16.6 Å². The number of ether oxygens (including phenoxy) is 1. The first-order chi connectivity index (χ1) is 9.29. The quantitative estimate of drug-likeness (QED) is 0.864. The van der Waals surface area contributed by atoms with Gasteiger partial charge in [0.05, 0.1) is 6.61 Å². The van der Waals surface area contributed by atoms with Crippen LogP contribution in [-0.2, 0) is 17.9 Å². The highest BCUT2D eigenvalue weighted by Crippen LogP contribution is 2.12. The number of anilines is 1. The third-order valence-electron chi connectivity index (χ3n) is 2.82. The molecule has 0 bridgehead atoms. The molecule has 0 spiro atoms. The number of benzene rings is 1. The molecule has 0 atom stereocenters. The number of nitrogens with zero attached hydrogens (tertiary/aromatic N) is 2. The average molecular weight is 257 g/mol. The zero-order chi connectivity index (χ0) is 13.5. The SMILES string of the molecule is CCOCc1ccccc1CNc1ccnc(C)n1. The van der Waals surface area contributed by atoms with E-state index in [4.69, 9.17) is 4.74 Å². The minimum absolute atomic E-state index is 0.650. The first-order valence-electron chi connectivity index (χ1n) is 6.47. The summed E-state index contributed by atoms with van der Waals surface area (Å²) < 4.78 is 5.48. The summed E-state index contributed by atoms with van der Waals surface area (Å²) in [5.41, 5.74) is 2.44. The van der Waals surface area contributed by atoms with Crippen LogP contribution in [0.3, 0.4) is 0 Å². The van der Waals surface area contributed by atoms with Gasteiger partial charge in [-0.2, -0.15) is 0 Å². The molecule has 0 saturated heterocycles. The fourth-order valence-electron chi connectivity index (χ4n) is 1.82. The molecule has 0 fully saturated rings. The highest BCUT2D eigenvalue weighted by atomic mass is 16.5.